The Morgan fingerprint density at radius 2 is 1.35 bits per heavy atom. The summed E-state index contributed by atoms with van der Waals surface area (Å²) in [5.74, 6) is 1.37. The van der Waals surface area contributed by atoms with Gasteiger partial charge in [0.15, 0.2) is 0 Å². The van der Waals surface area contributed by atoms with Crippen LogP contribution in [0.3, 0.4) is 0 Å². The van der Waals surface area contributed by atoms with Gasteiger partial charge in [0.1, 0.15) is 36.9 Å². The molecule has 3 atom stereocenters. The number of ether oxygens (including phenoxy) is 2. The average Bonchev–Trinajstić information content (AvgIpc) is 2.99. The molecule has 3 aromatic rings. The molecule has 0 aromatic heterocycles. The lowest BCUT2D eigenvalue weighted by atomic mass is 10.0. The SMILES string of the molecule is CCCCNC(=O)c1ccc(CC[C@@H](C)N(CC(O)COc2ccccc2)CC(O)COc2ccccc2)cc1. The Kier molecular flexibility index (Phi) is 13.5. The van der Waals surface area contributed by atoms with Gasteiger partial charge < -0.3 is 25.0 Å². The lowest BCUT2D eigenvalue weighted by Crippen LogP contribution is -2.46. The molecule has 0 bridgehead atoms. The van der Waals surface area contributed by atoms with Gasteiger partial charge in [-0.15, -0.1) is 0 Å². The third-order valence-corrected chi connectivity index (χ3v) is 6.77. The molecular formula is C33H44N2O5. The molecule has 0 aliphatic heterocycles. The first kappa shape index (κ1) is 31.1. The van der Waals surface area contributed by atoms with Gasteiger partial charge in [-0.3, -0.25) is 9.69 Å². The highest BCUT2D eigenvalue weighted by atomic mass is 16.5. The first-order valence-electron chi connectivity index (χ1n) is 14.3. The maximum atomic E-state index is 12.3. The fraction of sp³-hybridized carbons (Fsp3) is 0.424. The van der Waals surface area contributed by atoms with Crippen LogP contribution < -0.4 is 14.8 Å². The number of hydrogen-bond donors (Lipinski definition) is 3. The zero-order valence-corrected chi connectivity index (χ0v) is 23.7. The van der Waals surface area contributed by atoms with Crippen LogP contribution in [0.25, 0.3) is 0 Å². The van der Waals surface area contributed by atoms with Gasteiger partial charge in [0, 0.05) is 31.2 Å². The molecule has 0 aliphatic carbocycles. The van der Waals surface area contributed by atoms with Gasteiger partial charge in [-0.05, 0) is 68.1 Å². The fourth-order valence-electron chi connectivity index (χ4n) is 4.36. The van der Waals surface area contributed by atoms with Gasteiger partial charge in [0.2, 0.25) is 0 Å². The molecule has 0 aliphatic rings. The van der Waals surface area contributed by atoms with Crippen LogP contribution in [0.15, 0.2) is 84.9 Å². The number of unbranched alkanes of at least 4 members (excludes halogenated alkanes) is 1. The third-order valence-electron chi connectivity index (χ3n) is 6.77. The van der Waals surface area contributed by atoms with Crippen LogP contribution >= 0.6 is 0 Å². The summed E-state index contributed by atoms with van der Waals surface area (Å²) < 4.78 is 11.5. The second-order valence-corrected chi connectivity index (χ2v) is 10.2. The highest BCUT2D eigenvalue weighted by Crippen LogP contribution is 2.15. The Balaban J connectivity index is 1.55. The van der Waals surface area contributed by atoms with Crippen molar-refractivity contribution in [3.05, 3.63) is 96.1 Å². The molecule has 3 rings (SSSR count). The van der Waals surface area contributed by atoms with Crippen LogP contribution in [-0.2, 0) is 6.42 Å². The van der Waals surface area contributed by atoms with Crippen molar-refractivity contribution in [2.24, 2.45) is 0 Å². The number of benzene rings is 3. The van der Waals surface area contributed by atoms with E-state index in [1.165, 1.54) is 0 Å². The number of hydrogen-bond acceptors (Lipinski definition) is 6. The minimum Gasteiger partial charge on any atom is -0.491 e. The van der Waals surface area contributed by atoms with Gasteiger partial charge in [-0.1, -0.05) is 61.9 Å². The minimum atomic E-state index is -0.726. The monoisotopic (exact) mass is 548 g/mol. The zero-order valence-electron chi connectivity index (χ0n) is 23.7. The van der Waals surface area contributed by atoms with Crippen LogP contribution in [0.5, 0.6) is 11.5 Å². The van der Waals surface area contributed by atoms with E-state index >= 15 is 0 Å². The Morgan fingerprint density at radius 3 is 1.85 bits per heavy atom. The molecule has 0 spiro atoms. The van der Waals surface area contributed by atoms with Crippen molar-refractivity contribution >= 4 is 5.91 Å². The van der Waals surface area contributed by atoms with Crippen molar-refractivity contribution in [2.75, 3.05) is 32.8 Å². The summed E-state index contributed by atoms with van der Waals surface area (Å²) in [6.07, 6.45) is 2.19. The first-order chi connectivity index (χ1) is 19.4. The predicted molar refractivity (Wildman–Crippen MR) is 159 cm³/mol. The molecule has 0 heterocycles. The van der Waals surface area contributed by atoms with E-state index in [1.54, 1.807) is 0 Å². The van der Waals surface area contributed by atoms with E-state index in [-0.39, 0.29) is 25.2 Å². The van der Waals surface area contributed by atoms with Gasteiger partial charge in [-0.2, -0.15) is 0 Å². The first-order valence-corrected chi connectivity index (χ1v) is 14.3. The van der Waals surface area contributed by atoms with E-state index in [1.807, 2.05) is 84.9 Å². The summed E-state index contributed by atoms with van der Waals surface area (Å²) in [4.78, 5) is 14.4. The summed E-state index contributed by atoms with van der Waals surface area (Å²) in [6.45, 7) is 5.92. The number of carbonyl (C=O) groups excluding carboxylic acids is 1. The summed E-state index contributed by atoms with van der Waals surface area (Å²) >= 11 is 0. The van der Waals surface area contributed by atoms with Crippen molar-refractivity contribution in [3.8, 4) is 11.5 Å². The maximum Gasteiger partial charge on any atom is 0.251 e. The standard InChI is InChI=1S/C33H44N2O5/c1-3-4-21-34-33(38)28-19-17-27(18-20-28)16-15-26(2)35(22-29(36)24-39-31-11-7-5-8-12-31)23-30(37)25-40-32-13-9-6-10-14-32/h5-14,17-20,26,29-30,36-37H,3-4,15-16,21-25H2,1-2H3,(H,34,38)/t26-,29?,30?/m1/s1. The molecule has 0 saturated heterocycles. The number of aliphatic hydroxyl groups is 2. The fourth-order valence-corrected chi connectivity index (χ4v) is 4.36. The lowest BCUT2D eigenvalue weighted by molar-refractivity contribution is 0.0154. The molecule has 0 radical (unpaired) electrons. The highest BCUT2D eigenvalue weighted by Gasteiger charge is 2.22. The molecule has 1 amide bonds. The largest absolute Gasteiger partial charge is 0.491 e. The van der Waals surface area contributed by atoms with E-state index in [9.17, 15) is 15.0 Å². The number of carbonyl (C=O) groups is 1. The van der Waals surface area contributed by atoms with Crippen molar-refractivity contribution in [1.29, 1.82) is 0 Å². The zero-order chi connectivity index (χ0) is 28.6. The number of amides is 1. The van der Waals surface area contributed by atoms with Gasteiger partial charge in [0.05, 0.1) is 0 Å². The summed E-state index contributed by atoms with van der Waals surface area (Å²) in [5, 5.41) is 24.5. The van der Waals surface area contributed by atoms with E-state index in [4.69, 9.17) is 9.47 Å². The second kappa shape index (κ2) is 17.3. The molecule has 0 fully saturated rings. The highest BCUT2D eigenvalue weighted by molar-refractivity contribution is 5.94. The number of rotatable bonds is 18. The molecule has 216 valence electrons. The number of aryl methyl sites for hydroxylation is 1. The van der Waals surface area contributed by atoms with Crippen molar-refractivity contribution in [1.82, 2.24) is 10.2 Å². The van der Waals surface area contributed by atoms with Crippen molar-refractivity contribution in [2.45, 2.75) is 57.8 Å². The molecular weight excluding hydrogens is 504 g/mol. The minimum absolute atomic E-state index is 0.0436. The topological polar surface area (TPSA) is 91.3 Å². The second-order valence-electron chi connectivity index (χ2n) is 10.2. The predicted octanol–water partition coefficient (Wildman–Crippen LogP) is 4.72. The van der Waals surface area contributed by atoms with Crippen LogP contribution in [-0.4, -0.2) is 72.1 Å². The Bertz CT molecular complexity index is 1040. The van der Waals surface area contributed by atoms with Crippen LogP contribution in [0.4, 0.5) is 0 Å². The van der Waals surface area contributed by atoms with Crippen LogP contribution in [0, 0.1) is 0 Å². The number of nitrogens with one attached hydrogen (secondary N) is 1. The smallest absolute Gasteiger partial charge is 0.251 e. The van der Waals surface area contributed by atoms with Gasteiger partial charge in [-0.25, -0.2) is 0 Å². The molecule has 7 nitrogen and oxygen atoms in total. The maximum absolute atomic E-state index is 12.3. The van der Waals surface area contributed by atoms with Gasteiger partial charge in [0.25, 0.3) is 5.91 Å². The lowest BCUT2D eigenvalue weighted by Gasteiger charge is -2.32. The van der Waals surface area contributed by atoms with E-state index in [2.05, 4.69) is 24.1 Å². The normalized spacial score (nSPS) is 13.4. The summed E-state index contributed by atoms with van der Waals surface area (Å²) in [6, 6.07) is 26.7. The van der Waals surface area contributed by atoms with E-state index < -0.39 is 12.2 Å². The molecule has 0 saturated carbocycles. The third kappa shape index (κ3) is 11.4. The summed E-state index contributed by atoms with van der Waals surface area (Å²) in [5.41, 5.74) is 1.80. The van der Waals surface area contributed by atoms with E-state index in [0.29, 0.717) is 36.7 Å². The Labute approximate surface area is 238 Å². The van der Waals surface area contributed by atoms with Crippen LogP contribution in [0.2, 0.25) is 0 Å². The number of nitrogens with zero attached hydrogens (tertiary/aromatic N) is 1. The number of para-hydroxylation sites is 2. The molecule has 40 heavy (non-hydrogen) atoms. The van der Waals surface area contributed by atoms with Gasteiger partial charge >= 0.3 is 0 Å². The molecule has 2 unspecified atom stereocenters. The van der Waals surface area contributed by atoms with Crippen molar-refractivity contribution in [3.63, 3.8) is 0 Å². The molecule has 7 heteroatoms. The molecule has 3 aromatic carbocycles. The number of aliphatic hydroxyl groups excluding tert-OH is 2. The quantitative estimate of drug-likeness (QED) is 0.199. The van der Waals surface area contributed by atoms with E-state index in [0.717, 1.165) is 31.2 Å². The summed E-state index contributed by atoms with van der Waals surface area (Å²) in [7, 11) is 0. The average molecular weight is 549 g/mol. The Hall–Kier alpha value is -3.39. The molecule has 3 N–H and O–H groups in total. The van der Waals surface area contributed by atoms with Crippen molar-refractivity contribution < 1.29 is 24.5 Å². The Morgan fingerprint density at radius 1 is 0.825 bits per heavy atom. The van der Waals surface area contributed by atoms with Crippen LogP contribution in [0.1, 0.15) is 49.0 Å².